The van der Waals surface area contributed by atoms with Crippen molar-refractivity contribution in [2.24, 2.45) is 0 Å². The molecule has 3 N–H and O–H groups in total. The summed E-state index contributed by atoms with van der Waals surface area (Å²) in [7, 11) is -3.35. The summed E-state index contributed by atoms with van der Waals surface area (Å²) in [5, 5.41) is 10.4. The summed E-state index contributed by atoms with van der Waals surface area (Å²) in [5.74, 6) is -0.337. The minimum atomic E-state index is -3.35. The van der Waals surface area contributed by atoms with Gasteiger partial charge in [-0.05, 0) is 36.8 Å². The normalized spacial score (nSPS) is 11.4. The van der Waals surface area contributed by atoms with E-state index in [-0.39, 0.29) is 5.91 Å². The van der Waals surface area contributed by atoms with E-state index in [4.69, 9.17) is 0 Å². The Morgan fingerprint density at radius 1 is 1.17 bits per heavy atom. The zero-order valence-corrected chi connectivity index (χ0v) is 13.9. The van der Waals surface area contributed by atoms with E-state index in [1.54, 1.807) is 25.1 Å². The van der Waals surface area contributed by atoms with Crippen molar-refractivity contribution in [1.82, 2.24) is 10.2 Å². The molecule has 124 valence electrons. The van der Waals surface area contributed by atoms with Crippen LogP contribution < -0.4 is 10.0 Å². The van der Waals surface area contributed by atoms with Crippen LogP contribution in [-0.4, -0.2) is 30.8 Å². The Morgan fingerprint density at radius 3 is 2.62 bits per heavy atom. The van der Waals surface area contributed by atoms with Crippen LogP contribution in [0, 0.1) is 6.92 Å². The molecule has 7 nitrogen and oxygen atoms in total. The van der Waals surface area contributed by atoms with Crippen LogP contribution in [0.3, 0.4) is 0 Å². The van der Waals surface area contributed by atoms with Crippen LogP contribution in [0.2, 0.25) is 0 Å². The summed E-state index contributed by atoms with van der Waals surface area (Å²) < 4.78 is 25.0. The number of anilines is 2. The molecule has 0 atom stereocenters. The van der Waals surface area contributed by atoms with E-state index in [2.05, 4.69) is 20.2 Å². The molecule has 24 heavy (non-hydrogen) atoms. The monoisotopic (exact) mass is 344 g/mol. The molecule has 1 aromatic heterocycles. The third kappa shape index (κ3) is 3.38. The van der Waals surface area contributed by atoms with Gasteiger partial charge in [0.05, 0.1) is 17.5 Å². The topological polar surface area (TPSA) is 104 Å². The molecule has 0 saturated heterocycles. The van der Waals surface area contributed by atoms with E-state index < -0.39 is 10.0 Å². The summed E-state index contributed by atoms with van der Waals surface area (Å²) in [6.45, 7) is 1.76. The number of para-hydroxylation sites is 1. The number of rotatable bonds is 4. The summed E-state index contributed by atoms with van der Waals surface area (Å²) in [6.07, 6.45) is 1.09. The third-order valence-corrected chi connectivity index (χ3v) is 4.06. The maximum Gasteiger partial charge on any atom is 0.276 e. The van der Waals surface area contributed by atoms with Crippen LogP contribution in [0.15, 0.2) is 42.5 Å². The number of nitrogens with zero attached hydrogens (tertiary/aromatic N) is 1. The summed E-state index contributed by atoms with van der Waals surface area (Å²) in [4.78, 5) is 12.4. The summed E-state index contributed by atoms with van der Waals surface area (Å²) >= 11 is 0. The van der Waals surface area contributed by atoms with E-state index in [1.165, 1.54) is 0 Å². The number of aryl methyl sites for hydroxylation is 1. The summed E-state index contributed by atoms with van der Waals surface area (Å²) in [5.41, 5.74) is 2.82. The minimum absolute atomic E-state index is 0.307. The van der Waals surface area contributed by atoms with Crippen molar-refractivity contribution in [3.05, 3.63) is 53.7 Å². The first kappa shape index (κ1) is 16.0. The lowest BCUT2D eigenvalue weighted by Crippen LogP contribution is -2.14. The fourth-order valence-corrected chi connectivity index (χ4v) is 3.01. The molecule has 0 aliphatic carbocycles. The van der Waals surface area contributed by atoms with Gasteiger partial charge in [-0.15, -0.1) is 0 Å². The number of hydrogen-bond donors (Lipinski definition) is 3. The van der Waals surface area contributed by atoms with Crippen molar-refractivity contribution >= 4 is 38.2 Å². The third-order valence-electron chi connectivity index (χ3n) is 3.47. The fraction of sp³-hybridized carbons (Fsp3) is 0.125. The largest absolute Gasteiger partial charge is 0.321 e. The standard InChI is InChI=1S/C16H16N4O3S/c1-10-9-11(7-8-13(10)20-24(2,22)23)17-16(21)15-12-5-3-4-6-14(12)18-19-15/h3-9,20H,1-2H3,(H,17,21)(H,18,19). The number of sulfonamides is 1. The average molecular weight is 344 g/mol. The smallest absolute Gasteiger partial charge is 0.276 e. The van der Waals surface area contributed by atoms with Crippen molar-refractivity contribution in [1.29, 1.82) is 0 Å². The number of aromatic nitrogens is 2. The molecule has 0 radical (unpaired) electrons. The molecule has 3 rings (SSSR count). The zero-order chi connectivity index (χ0) is 17.3. The first-order valence-electron chi connectivity index (χ1n) is 7.16. The number of fused-ring (bicyclic) bond motifs is 1. The van der Waals surface area contributed by atoms with E-state index in [0.717, 1.165) is 17.2 Å². The van der Waals surface area contributed by atoms with Gasteiger partial charge < -0.3 is 5.32 Å². The molecule has 0 unspecified atom stereocenters. The molecular weight excluding hydrogens is 328 g/mol. The molecule has 0 aliphatic heterocycles. The molecule has 0 saturated carbocycles. The maximum absolute atomic E-state index is 12.4. The maximum atomic E-state index is 12.4. The van der Waals surface area contributed by atoms with Gasteiger partial charge in [0.15, 0.2) is 5.69 Å². The highest BCUT2D eigenvalue weighted by molar-refractivity contribution is 7.92. The number of benzene rings is 2. The number of nitrogens with one attached hydrogen (secondary N) is 3. The number of amides is 1. The van der Waals surface area contributed by atoms with E-state index >= 15 is 0 Å². The van der Waals surface area contributed by atoms with Crippen molar-refractivity contribution in [3.63, 3.8) is 0 Å². The predicted octanol–water partition coefficient (Wildman–Crippen LogP) is 2.50. The molecule has 0 aliphatic rings. The van der Waals surface area contributed by atoms with E-state index in [1.807, 2.05) is 24.3 Å². The Balaban J connectivity index is 1.83. The molecule has 1 amide bonds. The fourth-order valence-electron chi connectivity index (χ4n) is 2.38. The van der Waals surface area contributed by atoms with Crippen LogP contribution in [0.4, 0.5) is 11.4 Å². The van der Waals surface area contributed by atoms with Gasteiger partial charge in [-0.25, -0.2) is 8.42 Å². The van der Waals surface area contributed by atoms with E-state index in [0.29, 0.717) is 22.6 Å². The number of carbonyl (C=O) groups is 1. The number of aromatic amines is 1. The van der Waals surface area contributed by atoms with Gasteiger partial charge in [-0.1, -0.05) is 18.2 Å². The van der Waals surface area contributed by atoms with Gasteiger partial charge in [0, 0.05) is 11.1 Å². The van der Waals surface area contributed by atoms with Gasteiger partial charge in [-0.2, -0.15) is 5.10 Å². The Labute approximate surface area is 139 Å². The van der Waals surface area contributed by atoms with Crippen LogP contribution in [-0.2, 0) is 10.0 Å². The van der Waals surface area contributed by atoms with Crippen molar-refractivity contribution < 1.29 is 13.2 Å². The number of hydrogen-bond acceptors (Lipinski definition) is 4. The van der Waals surface area contributed by atoms with E-state index in [9.17, 15) is 13.2 Å². The summed E-state index contributed by atoms with van der Waals surface area (Å²) in [6, 6.07) is 12.3. The second-order valence-corrected chi connectivity index (χ2v) is 7.22. The highest BCUT2D eigenvalue weighted by Gasteiger charge is 2.14. The van der Waals surface area contributed by atoms with Gasteiger partial charge in [0.2, 0.25) is 10.0 Å². The Hall–Kier alpha value is -2.87. The lowest BCUT2D eigenvalue weighted by atomic mass is 10.1. The quantitative estimate of drug-likeness (QED) is 0.676. The number of carbonyl (C=O) groups excluding carboxylic acids is 1. The number of H-pyrrole nitrogens is 1. The Kier molecular flexibility index (Phi) is 3.98. The van der Waals surface area contributed by atoms with Crippen molar-refractivity contribution in [2.45, 2.75) is 6.92 Å². The first-order chi connectivity index (χ1) is 11.3. The Bertz CT molecular complexity index is 1020. The second-order valence-electron chi connectivity index (χ2n) is 5.48. The van der Waals surface area contributed by atoms with Gasteiger partial charge in [0.1, 0.15) is 0 Å². The molecule has 0 spiro atoms. The highest BCUT2D eigenvalue weighted by atomic mass is 32.2. The molecule has 2 aromatic carbocycles. The average Bonchev–Trinajstić information content (AvgIpc) is 2.93. The molecule has 1 heterocycles. The lowest BCUT2D eigenvalue weighted by molar-refractivity contribution is 0.102. The molecule has 3 aromatic rings. The van der Waals surface area contributed by atoms with Gasteiger partial charge in [0.25, 0.3) is 5.91 Å². The second kappa shape index (κ2) is 5.97. The van der Waals surface area contributed by atoms with Gasteiger partial charge in [-0.3, -0.25) is 14.6 Å². The molecule has 0 bridgehead atoms. The molecule has 0 fully saturated rings. The van der Waals surface area contributed by atoms with Crippen LogP contribution >= 0.6 is 0 Å². The minimum Gasteiger partial charge on any atom is -0.321 e. The molecule has 8 heteroatoms. The van der Waals surface area contributed by atoms with Crippen molar-refractivity contribution in [3.8, 4) is 0 Å². The first-order valence-corrected chi connectivity index (χ1v) is 9.05. The van der Waals surface area contributed by atoms with Crippen LogP contribution in [0.25, 0.3) is 10.9 Å². The SMILES string of the molecule is Cc1cc(NC(=O)c2n[nH]c3ccccc23)ccc1NS(C)(=O)=O. The molecular formula is C16H16N4O3S. The van der Waals surface area contributed by atoms with Crippen molar-refractivity contribution in [2.75, 3.05) is 16.3 Å². The lowest BCUT2D eigenvalue weighted by Gasteiger charge is -2.10. The van der Waals surface area contributed by atoms with Gasteiger partial charge >= 0.3 is 0 Å². The van der Waals surface area contributed by atoms with Crippen LogP contribution in [0.1, 0.15) is 16.1 Å². The Morgan fingerprint density at radius 2 is 1.92 bits per heavy atom. The zero-order valence-electron chi connectivity index (χ0n) is 13.1. The van der Waals surface area contributed by atoms with Crippen LogP contribution in [0.5, 0.6) is 0 Å². The highest BCUT2D eigenvalue weighted by Crippen LogP contribution is 2.22. The predicted molar refractivity (Wildman–Crippen MR) is 93.7 cm³/mol.